The van der Waals surface area contributed by atoms with E-state index < -0.39 is 0 Å². The highest BCUT2D eigenvalue weighted by Crippen LogP contribution is 2.22. The molecule has 2 unspecified atom stereocenters. The number of hydrogen-bond donors (Lipinski definition) is 0. The van der Waals surface area contributed by atoms with Crippen molar-refractivity contribution in [1.82, 2.24) is 9.55 Å². The molecule has 0 aliphatic carbocycles. The first kappa shape index (κ1) is 16.9. The molecule has 0 spiro atoms. The van der Waals surface area contributed by atoms with Crippen LogP contribution in [0, 0.1) is 12.8 Å². The van der Waals surface area contributed by atoms with Crippen molar-refractivity contribution in [3.8, 4) is 0 Å². The van der Waals surface area contributed by atoms with Gasteiger partial charge >= 0.3 is 0 Å². The molecule has 0 aliphatic rings. The van der Waals surface area contributed by atoms with Crippen LogP contribution in [0.3, 0.4) is 0 Å². The molecular weight excluding hydrogens is 248 g/mol. The molecule has 2 atom stereocenters. The Hall–Kier alpha value is -1.12. The molecule has 114 valence electrons. The number of nitrogens with zero attached hydrogens (tertiary/aromatic N) is 2. The van der Waals surface area contributed by atoms with Crippen molar-refractivity contribution in [2.24, 2.45) is 5.92 Å². The fourth-order valence-electron chi connectivity index (χ4n) is 2.72. The summed E-state index contributed by atoms with van der Waals surface area (Å²) in [5.74, 6) is 1.91. The van der Waals surface area contributed by atoms with Gasteiger partial charge in [0.15, 0.2) is 5.78 Å². The monoisotopic (exact) mass is 278 g/mol. The first-order chi connectivity index (χ1) is 9.53. The second-order valence-electron chi connectivity index (χ2n) is 5.82. The van der Waals surface area contributed by atoms with Gasteiger partial charge in [0.1, 0.15) is 5.82 Å². The Morgan fingerprint density at radius 3 is 2.60 bits per heavy atom. The number of imidazole rings is 1. The van der Waals surface area contributed by atoms with Gasteiger partial charge < -0.3 is 4.57 Å². The predicted octanol–water partition coefficient (Wildman–Crippen LogP) is 4.49. The van der Waals surface area contributed by atoms with Crippen LogP contribution in [0.4, 0.5) is 0 Å². The molecule has 0 saturated heterocycles. The zero-order chi connectivity index (χ0) is 15.1. The topological polar surface area (TPSA) is 34.9 Å². The first-order valence-electron chi connectivity index (χ1n) is 8.10. The van der Waals surface area contributed by atoms with E-state index in [1.54, 1.807) is 0 Å². The summed E-state index contributed by atoms with van der Waals surface area (Å²) in [4.78, 5) is 17.0. The van der Waals surface area contributed by atoms with Gasteiger partial charge in [-0.1, -0.05) is 46.5 Å². The Bertz CT molecular complexity index is 423. The van der Waals surface area contributed by atoms with Gasteiger partial charge in [-0.15, -0.1) is 0 Å². The number of rotatable bonds is 9. The molecule has 0 fully saturated rings. The molecule has 0 amide bonds. The highest BCUT2D eigenvalue weighted by atomic mass is 16.1. The quantitative estimate of drug-likeness (QED) is 0.667. The smallest absolute Gasteiger partial charge is 0.155 e. The molecule has 1 heterocycles. The third kappa shape index (κ3) is 4.46. The van der Waals surface area contributed by atoms with E-state index in [1.807, 2.05) is 20.0 Å². The van der Waals surface area contributed by atoms with Crippen LogP contribution in [-0.2, 0) is 11.2 Å². The van der Waals surface area contributed by atoms with Gasteiger partial charge in [0.2, 0.25) is 0 Å². The number of ketones is 1. The van der Waals surface area contributed by atoms with Crippen molar-refractivity contribution < 1.29 is 4.79 Å². The van der Waals surface area contributed by atoms with Crippen molar-refractivity contribution in [2.75, 3.05) is 0 Å². The maximum atomic E-state index is 12.5. The van der Waals surface area contributed by atoms with Crippen LogP contribution in [0.2, 0.25) is 0 Å². The predicted molar refractivity (Wildman–Crippen MR) is 84.0 cm³/mol. The zero-order valence-corrected chi connectivity index (χ0v) is 13.8. The van der Waals surface area contributed by atoms with Crippen molar-refractivity contribution in [3.05, 3.63) is 17.7 Å². The van der Waals surface area contributed by atoms with Crippen LogP contribution in [0.15, 0.2) is 6.20 Å². The van der Waals surface area contributed by atoms with Gasteiger partial charge in [-0.3, -0.25) is 4.79 Å². The summed E-state index contributed by atoms with van der Waals surface area (Å²) in [6.45, 7) is 10.5. The van der Waals surface area contributed by atoms with E-state index in [2.05, 4.69) is 30.3 Å². The summed E-state index contributed by atoms with van der Waals surface area (Å²) in [5, 5.41) is 0. The average Bonchev–Trinajstić information content (AvgIpc) is 2.83. The maximum absolute atomic E-state index is 12.5. The minimum atomic E-state index is -0.0816. The van der Waals surface area contributed by atoms with Crippen LogP contribution in [-0.4, -0.2) is 15.3 Å². The van der Waals surface area contributed by atoms with E-state index in [-0.39, 0.29) is 6.04 Å². The molecule has 0 aromatic carbocycles. The third-order valence-electron chi connectivity index (χ3n) is 4.16. The second-order valence-corrected chi connectivity index (χ2v) is 5.82. The zero-order valence-electron chi connectivity index (χ0n) is 13.8. The van der Waals surface area contributed by atoms with Crippen LogP contribution in [0.1, 0.15) is 77.4 Å². The van der Waals surface area contributed by atoms with Crippen LogP contribution in [0.25, 0.3) is 0 Å². The largest absolute Gasteiger partial charge is 0.324 e. The molecular formula is C17H30N2O. The van der Waals surface area contributed by atoms with Crippen molar-refractivity contribution >= 4 is 5.78 Å². The first-order valence-corrected chi connectivity index (χ1v) is 8.10. The SMILES string of the molecule is CCCCC(CC)CC(=O)C(C)n1cc(C)nc1CC. The van der Waals surface area contributed by atoms with Crippen LogP contribution < -0.4 is 0 Å². The number of carbonyl (C=O) groups is 1. The minimum Gasteiger partial charge on any atom is -0.324 e. The number of aromatic nitrogens is 2. The van der Waals surface area contributed by atoms with Gasteiger partial charge in [0.25, 0.3) is 0 Å². The Kier molecular flexibility index (Phi) is 6.97. The Morgan fingerprint density at radius 1 is 1.35 bits per heavy atom. The summed E-state index contributed by atoms with van der Waals surface area (Å²) in [6.07, 6.45) is 8.30. The standard InChI is InChI=1S/C17H30N2O/c1-6-9-10-15(7-2)11-16(20)14(5)19-12-13(4)18-17(19)8-3/h12,14-15H,6-11H2,1-5H3. The van der Waals surface area contributed by atoms with Gasteiger partial charge in [0, 0.05) is 19.0 Å². The number of carbonyl (C=O) groups excluding carboxylic acids is 1. The van der Waals surface area contributed by atoms with Crippen molar-refractivity contribution in [1.29, 1.82) is 0 Å². The number of aryl methyl sites for hydroxylation is 2. The molecule has 0 bridgehead atoms. The van der Waals surface area contributed by atoms with Gasteiger partial charge in [-0.25, -0.2) is 4.98 Å². The fourth-order valence-corrected chi connectivity index (χ4v) is 2.72. The molecule has 3 nitrogen and oxygen atoms in total. The molecule has 3 heteroatoms. The van der Waals surface area contributed by atoms with E-state index >= 15 is 0 Å². The van der Waals surface area contributed by atoms with Crippen molar-refractivity contribution in [3.63, 3.8) is 0 Å². The lowest BCUT2D eigenvalue weighted by atomic mass is 9.92. The van der Waals surface area contributed by atoms with E-state index in [9.17, 15) is 4.79 Å². The Balaban J connectivity index is 2.70. The molecule has 0 N–H and O–H groups in total. The summed E-state index contributed by atoms with van der Waals surface area (Å²) in [7, 11) is 0. The van der Waals surface area contributed by atoms with Gasteiger partial charge in [-0.05, 0) is 19.8 Å². The number of unbranched alkanes of at least 4 members (excludes halogenated alkanes) is 1. The fraction of sp³-hybridized carbons (Fsp3) is 0.765. The maximum Gasteiger partial charge on any atom is 0.155 e. The molecule has 0 saturated carbocycles. The van der Waals surface area contributed by atoms with E-state index in [1.165, 1.54) is 19.3 Å². The molecule has 1 aromatic rings. The van der Waals surface area contributed by atoms with Crippen LogP contribution >= 0.6 is 0 Å². The lowest BCUT2D eigenvalue weighted by Crippen LogP contribution is -2.20. The third-order valence-corrected chi connectivity index (χ3v) is 4.16. The van der Waals surface area contributed by atoms with E-state index in [0.717, 1.165) is 24.4 Å². The van der Waals surface area contributed by atoms with Crippen LogP contribution in [0.5, 0.6) is 0 Å². The van der Waals surface area contributed by atoms with Crippen molar-refractivity contribution in [2.45, 2.75) is 79.2 Å². The van der Waals surface area contributed by atoms with E-state index in [4.69, 9.17) is 0 Å². The second kappa shape index (κ2) is 8.23. The Morgan fingerprint density at radius 2 is 2.05 bits per heavy atom. The summed E-state index contributed by atoms with van der Waals surface area (Å²) < 4.78 is 2.06. The summed E-state index contributed by atoms with van der Waals surface area (Å²) >= 11 is 0. The summed E-state index contributed by atoms with van der Waals surface area (Å²) in [5.41, 5.74) is 1.000. The molecule has 1 aromatic heterocycles. The van der Waals surface area contributed by atoms with E-state index in [0.29, 0.717) is 18.1 Å². The molecule has 0 aliphatic heterocycles. The lowest BCUT2D eigenvalue weighted by Gasteiger charge is -2.19. The molecule has 0 radical (unpaired) electrons. The number of Topliss-reactive ketones (excluding diaryl/α,β-unsaturated/α-hetero) is 1. The highest BCUT2D eigenvalue weighted by Gasteiger charge is 2.21. The summed E-state index contributed by atoms with van der Waals surface area (Å²) in [6, 6.07) is -0.0816. The normalized spacial score (nSPS) is 14.2. The molecule has 1 rings (SSSR count). The molecule has 20 heavy (non-hydrogen) atoms. The highest BCUT2D eigenvalue weighted by molar-refractivity contribution is 5.82. The van der Waals surface area contributed by atoms with Gasteiger partial charge in [0.05, 0.1) is 11.7 Å². The lowest BCUT2D eigenvalue weighted by molar-refractivity contribution is -0.122. The minimum absolute atomic E-state index is 0.0816. The number of hydrogen-bond acceptors (Lipinski definition) is 2. The average molecular weight is 278 g/mol. The van der Waals surface area contributed by atoms with Gasteiger partial charge in [-0.2, -0.15) is 0 Å². The Labute approximate surface area is 123 Å².